The lowest BCUT2D eigenvalue weighted by Crippen LogP contribution is -2.28. The first-order valence-corrected chi connectivity index (χ1v) is 5.40. The van der Waals surface area contributed by atoms with Gasteiger partial charge in [0.15, 0.2) is 0 Å². The first kappa shape index (κ1) is 18.1. The molecule has 0 aromatic heterocycles. The number of aliphatic hydroxyl groups excluding tert-OH is 6. The highest BCUT2D eigenvalue weighted by Crippen LogP contribution is 2.00. The minimum atomic E-state index is -0.968. The van der Waals surface area contributed by atoms with Crippen molar-refractivity contribution in [2.24, 2.45) is 0 Å². The lowest BCUT2D eigenvalue weighted by atomic mass is 10.1. The summed E-state index contributed by atoms with van der Waals surface area (Å²) >= 11 is 0. The van der Waals surface area contributed by atoms with Crippen LogP contribution in [0.1, 0.15) is 26.2 Å². The summed E-state index contributed by atoms with van der Waals surface area (Å²) in [6.07, 6.45) is -0.855. The normalized spacial score (nSPS) is 15.9. The van der Waals surface area contributed by atoms with Crippen LogP contribution in [0.2, 0.25) is 0 Å². The molecule has 6 N–H and O–H groups in total. The van der Waals surface area contributed by atoms with Gasteiger partial charge >= 0.3 is 0 Å². The second-order valence-electron chi connectivity index (χ2n) is 3.45. The first-order valence-electron chi connectivity index (χ1n) is 5.40. The van der Waals surface area contributed by atoms with Crippen molar-refractivity contribution in [1.29, 1.82) is 0 Å². The zero-order chi connectivity index (χ0) is 13.0. The monoisotopic (exact) mass is 240 g/mol. The van der Waals surface area contributed by atoms with E-state index in [-0.39, 0.29) is 26.2 Å². The number of hydrogen-bond donors (Lipinski definition) is 6. The Morgan fingerprint density at radius 3 is 1.62 bits per heavy atom. The molecular weight excluding hydrogens is 216 g/mol. The standard InChI is InChI=1S/C6H14O3.C4H10O3/c1-2-3-5(8)6(9)4-7;5-2-1-4(7)3-6/h5-9H,2-4H2,1H3;4-7H,1-3H2. The van der Waals surface area contributed by atoms with Crippen LogP contribution < -0.4 is 0 Å². The average molecular weight is 240 g/mol. The third-order valence-electron chi connectivity index (χ3n) is 1.89. The van der Waals surface area contributed by atoms with Gasteiger partial charge in [-0.15, -0.1) is 0 Å². The van der Waals surface area contributed by atoms with Gasteiger partial charge in [-0.3, -0.25) is 0 Å². The van der Waals surface area contributed by atoms with Crippen molar-refractivity contribution in [2.45, 2.75) is 44.5 Å². The first-order chi connectivity index (χ1) is 7.53. The van der Waals surface area contributed by atoms with Gasteiger partial charge in [0.25, 0.3) is 0 Å². The maximum absolute atomic E-state index is 8.91. The maximum Gasteiger partial charge on any atom is 0.103 e. The van der Waals surface area contributed by atoms with Crippen molar-refractivity contribution >= 4 is 0 Å². The fraction of sp³-hybridized carbons (Fsp3) is 1.00. The molecule has 0 amide bonds. The highest BCUT2D eigenvalue weighted by atomic mass is 16.4. The van der Waals surface area contributed by atoms with Crippen molar-refractivity contribution in [3.05, 3.63) is 0 Å². The second-order valence-corrected chi connectivity index (χ2v) is 3.45. The molecule has 0 radical (unpaired) electrons. The van der Waals surface area contributed by atoms with E-state index in [0.717, 1.165) is 6.42 Å². The van der Waals surface area contributed by atoms with Gasteiger partial charge in [0.05, 0.1) is 25.4 Å². The number of hydrogen-bond acceptors (Lipinski definition) is 6. The van der Waals surface area contributed by atoms with Gasteiger partial charge in [0, 0.05) is 6.61 Å². The van der Waals surface area contributed by atoms with E-state index in [1.807, 2.05) is 6.92 Å². The summed E-state index contributed by atoms with van der Waals surface area (Å²) in [6, 6.07) is 0. The van der Waals surface area contributed by atoms with Crippen molar-refractivity contribution < 1.29 is 30.6 Å². The molecule has 100 valence electrons. The highest BCUT2D eigenvalue weighted by Gasteiger charge is 2.12. The predicted octanol–water partition coefficient (Wildman–Crippen LogP) is -1.78. The summed E-state index contributed by atoms with van der Waals surface area (Å²) in [7, 11) is 0. The Kier molecular flexibility index (Phi) is 14.5. The Morgan fingerprint density at radius 1 is 0.812 bits per heavy atom. The predicted molar refractivity (Wildman–Crippen MR) is 58.8 cm³/mol. The average Bonchev–Trinajstić information content (AvgIpc) is 2.29. The summed E-state index contributed by atoms with van der Waals surface area (Å²) in [6.45, 7) is 1.22. The largest absolute Gasteiger partial charge is 0.396 e. The molecule has 0 saturated heterocycles. The third-order valence-corrected chi connectivity index (χ3v) is 1.89. The van der Waals surface area contributed by atoms with Crippen LogP contribution in [0.25, 0.3) is 0 Å². The zero-order valence-corrected chi connectivity index (χ0v) is 9.66. The van der Waals surface area contributed by atoms with Gasteiger partial charge in [-0.05, 0) is 12.8 Å². The van der Waals surface area contributed by atoms with Crippen LogP contribution in [-0.4, -0.2) is 68.8 Å². The fourth-order valence-corrected chi connectivity index (χ4v) is 0.850. The Labute approximate surface area is 95.8 Å². The number of aliphatic hydroxyl groups is 6. The lowest BCUT2D eigenvalue weighted by Gasteiger charge is -2.13. The van der Waals surface area contributed by atoms with Crippen LogP contribution in [0.3, 0.4) is 0 Å². The summed E-state index contributed by atoms with van der Waals surface area (Å²) in [5.41, 5.74) is 0. The molecule has 0 rings (SSSR count). The van der Waals surface area contributed by atoms with Crippen LogP contribution in [0.4, 0.5) is 0 Å². The van der Waals surface area contributed by atoms with Crippen molar-refractivity contribution in [1.82, 2.24) is 0 Å². The SMILES string of the molecule is CCCC(O)C(O)CO.OCCC(O)CO. The van der Waals surface area contributed by atoms with E-state index in [9.17, 15) is 0 Å². The smallest absolute Gasteiger partial charge is 0.103 e. The summed E-state index contributed by atoms with van der Waals surface area (Å²) in [4.78, 5) is 0. The third kappa shape index (κ3) is 11.8. The van der Waals surface area contributed by atoms with Crippen molar-refractivity contribution in [3.8, 4) is 0 Å². The Hall–Kier alpha value is -0.240. The molecule has 3 atom stereocenters. The topological polar surface area (TPSA) is 121 Å². The van der Waals surface area contributed by atoms with E-state index < -0.39 is 18.3 Å². The molecule has 0 bridgehead atoms. The molecule has 16 heavy (non-hydrogen) atoms. The van der Waals surface area contributed by atoms with Crippen LogP contribution in [-0.2, 0) is 0 Å². The van der Waals surface area contributed by atoms with Gasteiger partial charge in [0.1, 0.15) is 6.10 Å². The molecule has 0 spiro atoms. The molecule has 3 unspecified atom stereocenters. The Bertz CT molecular complexity index is 132. The van der Waals surface area contributed by atoms with Crippen LogP contribution in [0, 0.1) is 0 Å². The molecule has 0 saturated carbocycles. The molecule has 0 aliphatic carbocycles. The van der Waals surface area contributed by atoms with Crippen LogP contribution >= 0.6 is 0 Å². The summed E-state index contributed by atoms with van der Waals surface area (Å²) < 4.78 is 0. The van der Waals surface area contributed by atoms with Gasteiger partial charge in [0.2, 0.25) is 0 Å². The fourth-order valence-electron chi connectivity index (χ4n) is 0.850. The Morgan fingerprint density at radius 2 is 1.38 bits per heavy atom. The van der Waals surface area contributed by atoms with Crippen molar-refractivity contribution in [2.75, 3.05) is 19.8 Å². The minimum Gasteiger partial charge on any atom is -0.396 e. The molecule has 0 aromatic rings. The molecule has 0 aromatic carbocycles. The quantitative estimate of drug-likeness (QED) is 0.313. The molecule has 6 heteroatoms. The van der Waals surface area contributed by atoms with Crippen LogP contribution in [0.15, 0.2) is 0 Å². The van der Waals surface area contributed by atoms with Gasteiger partial charge in [-0.1, -0.05) is 13.3 Å². The second kappa shape index (κ2) is 12.8. The summed E-state index contributed by atoms with van der Waals surface area (Å²) in [5.74, 6) is 0. The zero-order valence-electron chi connectivity index (χ0n) is 9.66. The molecule has 0 fully saturated rings. The van der Waals surface area contributed by atoms with Crippen LogP contribution in [0.5, 0.6) is 0 Å². The van der Waals surface area contributed by atoms with E-state index in [0.29, 0.717) is 6.42 Å². The van der Waals surface area contributed by atoms with Gasteiger partial charge in [-0.2, -0.15) is 0 Å². The maximum atomic E-state index is 8.91. The molecular formula is C10H24O6. The van der Waals surface area contributed by atoms with E-state index in [1.165, 1.54) is 0 Å². The number of rotatable bonds is 7. The summed E-state index contributed by atoms with van der Waals surface area (Å²) in [5, 5.41) is 50.6. The Balaban J connectivity index is 0. The molecule has 6 nitrogen and oxygen atoms in total. The van der Waals surface area contributed by atoms with E-state index in [1.54, 1.807) is 0 Å². The minimum absolute atomic E-state index is 0.0677. The van der Waals surface area contributed by atoms with E-state index in [2.05, 4.69) is 0 Å². The van der Waals surface area contributed by atoms with E-state index >= 15 is 0 Å². The molecule has 0 aliphatic rings. The molecule has 0 heterocycles. The molecule has 0 aliphatic heterocycles. The van der Waals surface area contributed by atoms with E-state index in [4.69, 9.17) is 30.6 Å². The van der Waals surface area contributed by atoms with Gasteiger partial charge in [-0.25, -0.2) is 0 Å². The lowest BCUT2D eigenvalue weighted by molar-refractivity contribution is -0.0177. The van der Waals surface area contributed by atoms with Gasteiger partial charge < -0.3 is 30.6 Å². The highest BCUT2D eigenvalue weighted by molar-refractivity contribution is 4.63. The van der Waals surface area contributed by atoms with Crippen molar-refractivity contribution in [3.63, 3.8) is 0 Å².